The molecular formula is C21H16F4N8O2. The number of aromatic nitrogens is 6. The van der Waals surface area contributed by atoms with Gasteiger partial charge in [-0.2, -0.15) is 13.2 Å². The predicted molar refractivity (Wildman–Crippen MR) is 113 cm³/mol. The summed E-state index contributed by atoms with van der Waals surface area (Å²) in [6, 6.07) is 2.15. The fourth-order valence-corrected chi connectivity index (χ4v) is 4.02. The minimum absolute atomic E-state index is 0.00492. The number of alkyl halides is 3. The van der Waals surface area contributed by atoms with Crippen molar-refractivity contribution in [3.05, 3.63) is 60.1 Å². The highest BCUT2D eigenvalue weighted by Gasteiger charge is 2.37. The summed E-state index contributed by atoms with van der Waals surface area (Å²) in [7, 11) is 0. The molecule has 0 spiro atoms. The zero-order valence-electron chi connectivity index (χ0n) is 17.8. The van der Waals surface area contributed by atoms with Gasteiger partial charge in [0.05, 0.1) is 40.6 Å². The summed E-state index contributed by atoms with van der Waals surface area (Å²) >= 11 is 0. The number of amides is 1. The van der Waals surface area contributed by atoms with Gasteiger partial charge in [-0.3, -0.25) is 9.59 Å². The topological polar surface area (TPSA) is 113 Å². The number of aromatic amines is 1. The molecule has 0 saturated carbocycles. The number of ketones is 1. The van der Waals surface area contributed by atoms with Gasteiger partial charge >= 0.3 is 6.18 Å². The molecule has 4 aromatic heterocycles. The Bertz CT molecular complexity index is 1410. The largest absolute Gasteiger partial charge is 0.419 e. The minimum Gasteiger partial charge on any atom is -0.357 e. The van der Waals surface area contributed by atoms with Crippen LogP contribution in [0.4, 0.5) is 23.4 Å². The zero-order valence-corrected chi connectivity index (χ0v) is 17.8. The van der Waals surface area contributed by atoms with Crippen molar-refractivity contribution in [2.75, 3.05) is 31.1 Å². The molecule has 0 atom stereocenters. The Hall–Kier alpha value is -4.36. The van der Waals surface area contributed by atoms with Crippen LogP contribution in [0.25, 0.3) is 16.7 Å². The molecule has 1 saturated heterocycles. The van der Waals surface area contributed by atoms with E-state index in [0.29, 0.717) is 0 Å². The van der Waals surface area contributed by atoms with E-state index < -0.39 is 29.2 Å². The first-order chi connectivity index (χ1) is 16.8. The third kappa shape index (κ3) is 3.96. The molecule has 1 fully saturated rings. The molecule has 10 nitrogen and oxygen atoms in total. The monoisotopic (exact) mass is 488 g/mol. The van der Waals surface area contributed by atoms with Crippen molar-refractivity contribution in [3.63, 3.8) is 0 Å². The van der Waals surface area contributed by atoms with Crippen molar-refractivity contribution in [1.29, 1.82) is 0 Å². The molecule has 35 heavy (non-hydrogen) atoms. The molecule has 14 heteroatoms. The number of Topliss-reactive ketones (excluding diaryl/α,β-unsaturated/α-hetero) is 1. The summed E-state index contributed by atoms with van der Waals surface area (Å²) in [5.74, 6) is -2.68. The summed E-state index contributed by atoms with van der Waals surface area (Å²) in [5.41, 5.74) is -0.897. The van der Waals surface area contributed by atoms with Crippen molar-refractivity contribution in [3.8, 4) is 5.82 Å². The molecule has 5 rings (SSSR count). The molecule has 4 aromatic rings. The van der Waals surface area contributed by atoms with Crippen LogP contribution in [0.5, 0.6) is 0 Å². The van der Waals surface area contributed by atoms with Crippen LogP contribution in [0, 0.1) is 5.82 Å². The molecule has 1 N–H and O–H groups in total. The molecule has 180 valence electrons. The van der Waals surface area contributed by atoms with Gasteiger partial charge in [0.2, 0.25) is 0 Å². The van der Waals surface area contributed by atoms with Crippen molar-refractivity contribution >= 4 is 28.4 Å². The van der Waals surface area contributed by atoms with Crippen LogP contribution in [-0.2, 0) is 11.0 Å². The van der Waals surface area contributed by atoms with E-state index in [1.54, 1.807) is 0 Å². The zero-order chi connectivity index (χ0) is 24.7. The predicted octanol–water partition coefficient (Wildman–Crippen LogP) is 2.23. The van der Waals surface area contributed by atoms with E-state index in [9.17, 15) is 27.2 Å². The quantitative estimate of drug-likeness (QED) is 0.266. The van der Waals surface area contributed by atoms with Crippen molar-refractivity contribution < 1.29 is 27.2 Å². The smallest absolute Gasteiger partial charge is 0.357 e. The second kappa shape index (κ2) is 8.45. The second-order valence-electron chi connectivity index (χ2n) is 7.71. The lowest BCUT2D eigenvalue weighted by Gasteiger charge is -2.36. The van der Waals surface area contributed by atoms with E-state index >= 15 is 0 Å². The Morgan fingerprint density at radius 2 is 1.80 bits per heavy atom. The number of nitrogens with zero attached hydrogens (tertiary/aromatic N) is 7. The summed E-state index contributed by atoms with van der Waals surface area (Å²) < 4.78 is 55.9. The van der Waals surface area contributed by atoms with E-state index in [2.05, 4.69) is 25.3 Å². The van der Waals surface area contributed by atoms with Crippen molar-refractivity contribution in [2.45, 2.75) is 6.18 Å². The highest BCUT2D eigenvalue weighted by molar-refractivity contribution is 6.45. The second-order valence-corrected chi connectivity index (χ2v) is 7.71. The Morgan fingerprint density at radius 3 is 2.49 bits per heavy atom. The van der Waals surface area contributed by atoms with Crippen LogP contribution in [-0.4, -0.2) is 72.7 Å². The fourth-order valence-electron chi connectivity index (χ4n) is 4.02. The number of carbonyl (C=O) groups is 2. The lowest BCUT2D eigenvalue weighted by molar-refractivity contribution is -0.137. The van der Waals surface area contributed by atoms with E-state index in [1.807, 2.05) is 0 Å². The fraction of sp³-hybridized carbons (Fsp3) is 0.238. The van der Waals surface area contributed by atoms with Crippen molar-refractivity contribution in [1.82, 2.24) is 34.8 Å². The van der Waals surface area contributed by atoms with Gasteiger partial charge in [-0.25, -0.2) is 19.0 Å². The maximum absolute atomic E-state index is 14.6. The molecule has 0 unspecified atom stereocenters. The summed E-state index contributed by atoms with van der Waals surface area (Å²) in [6.45, 7) is 0.0769. The number of rotatable bonds is 4. The van der Waals surface area contributed by atoms with E-state index in [4.69, 9.17) is 0 Å². The average Bonchev–Trinajstić information content (AvgIpc) is 3.54. The van der Waals surface area contributed by atoms with Gasteiger partial charge in [0.15, 0.2) is 11.6 Å². The van der Waals surface area contributed by atoms with Gasteiger partial charge in [-0.1, -0.05) is 5.21 Å². The highest BCUT2D eigenvalue weighted by Crippen LogP contribution is 2.35. The maximum Gasteiger partial charge on any atom is 0.419 e. The Morgan fingerprint density at radius 1 is 1.03 bits per heavy atom. The van der Waals surface area contributed by atoms with Crippen LogP contribution >= 0.6 is 0 Å². The minimum atomic E-state index is -4.58. The van der Waals surface area contributed by atoms with Gasteiger partial charge < -0.3 is 14.8 Å². The van der Waals surface area contributed by atoms with Crippen LogP contribution in [0.15, 0.2) is 43.1 Å². The van der Waals surface area contributed by atoms with Crippen LogP contribution in [0.3, 0.4) is 0 Å². The molecule has 0 aliphatic carbocycles. The Kier molecular flexibility index (Phi) is 5.42. The molecule has 5 heterocycles. The lowest BCUT2D eigenvalue weighted by Crippen LogP contribution is -2.51. The Labute approximate surface area is 194 Å². The van der Waals surface area contributed by atoms with E-state index in [1.165, 1.54) is 45.3 Å². The summed E-state index contributed by atoms with van der Waals surface area (Å²) in [6.07, 6.45) is 1.70. The number of H-pyrrole nitrogens is 1. The SMILES string of the molecule is O=C(C(=O)N1CCN(c2ncccc2C(F)(F)F)CC1)c1c[nH]c2c(-n3ccnn3)ncc(F)c12. The number of fused-ring (bicyclic) bond motifs is 1. The van der Waals surface area contributed by atoms with Gasteiger partial charge in [0, 0.05) is 38.6 Å². The lowest BCUT2D eigenvalue weighted by atomic mass is 10.1. The van der Waals surface area contributed by atoms with Gasteiger partial charge in [0.25, 0.3) is 11.7 Å². The first-order valence-electron chi connectivity index (χ1n) is 10.4. The average molecular weight is 488 g/mol. The van der Waals surface area contributed by atoms with Crippen molar-refractivity contribution in [2.24, 2.45) is 0 Å². The maximum atomic E-state index is 14.6. The molecule has 1 amide bonds. The first kappa shape index (κ1) is 22.4. The molecule has 1 aliphatic rings. The highest BCUT2D eigenvalue weighted by atomic mass is 19.4. The van der Waals surface area contributed by atoms with Gasteiger partial charge in [-0.05, 0) is 12.1 Å². The number of hydrogen-bond donors (Lipinski definition) is 1. The summed E-state index contributed by atoms with van der Waals surface area (Å²) in [5, 5.41) is 7.36. The van der Waals surface area contributed by atoms with E-state index in [0.717, 1.165) is 12.3 Å². The van der Waals surface area contributed by atoms with Crippen LogP contribution in [0.2, 0.25) is 0 Å². The number of pyridine rings is 2. The number of piperazine rings is 1. The third-order valence-corrected chi connectivity index (χ3v) is 5.68. The third-order valence-electron chi connectivity index (χ3n) is 5.68. The standard InChI is InChI=1S/C21H16F4N8O2/c22-14-11-28-19(33-5-4-29-30-33)16-15(14)12(10-27-16)17(34)20(35)32-8-6-31(7-9-32)18-13(21(23,24)25)2-1-3-26-18/h1-5,10-11,27H,6-9H2. The Balaban J connectivity index is 1.36. The molecular weight excluding hydrogens is 472 g/mol. The van der Waals surface area contributed by atoms with Gasteiger partial charge in [0.1, 0.15) is 5.82 Å². The molecule has 0 aromatic carbocycles. The normalized spacial score (nSPS) is 14.5. The number of nitrogens with one attached hydrogen (secondary N) is 1. The number of anilines is 1. The molecule has 0 radical (unpaired) electrons. The number of hydrogen-bond acceptors (Lipinski definition) is 7. The number of carbonyl (C=O) groups excluding carboxylic acids is 2. The molecule has 1 aliphatic heterocycles. The number of halogens is 4. The summed E-state index contributed by atoms with van der Waals surface area (Å²) in [4.78, 5) is 39.2. The molecule has 0 bridgehead atoms. The first-order valence-corrected chi connectivity index (χ1v) is 10.4. The van der Waals surface area contributed by atoms with Crippen LogP contribution in [0.1, 0.15) is 15.9 Å². The van der Waals surface area contributed by atoms with Gasteiger partial charge in [-0.15, -0.1) is 5.10 Å². The van der Waals surface area contributed by atoms with Crippen LogP contribution < -0.4 is 4.90 Å². The van der Waals surface area contributed by atoms with E-state index in [-0.39, 0.29) is 54.3 Å².